The van der Waals surface area contributed by atoms with Gasteiger partial charge in [-0.2, -0.15) is 0 Å². The standard InChI is InChI=1S/C14H12N2O4S/c1-8(17)15-12-3-2-9(5-13(12)16(19)20)4-10-6-11(21)7-14(10)18/h2-3,5-6H,4,7H2,1H3,(H,15,17). The Kier molecular flexibility index (Phi) is 4.23. The highest BCUT2D eigenvalue weighted by molar-refractivity contribution is 7.80. The highest BCUT2D eigenvalue weighted by Gasteiger charge is 2.21. The number of Topliss-reactive ketones (excluding diaryl/α,β-unsaturated/α-hetero) is 1. The monoisotopic (exact) mass is 304 g/mol. The largest absolute Gasteiger partial charge is 0.321 e. The van der Waals surface area contributed by atoms with E-state index in [1.54, 1.807) is 12.1 Å². The fourth-order valence-electron chi connectivity index (χ4n) is 2.10. The Labute approximate surface area is 126 Å². The molecule has 0 unspecified atom stereocenters. The summed E-state index contributed by atoms with van der Waals surface area (Å²) >= 11 is 4.97. The van der Waals surface area contributed by atoms with Gasteiger partial charge in [-0.05, 0) is 17.7 Å². The average Bonchev–Trinajstić information content (AvgIpc) is 2.68. The molecule has 1 N–H and O–H groups in total. The quantitative estimate of drug-likeness (QED) is 0.524. The molecular weight excluding hydrogens is 292 g/mol. The van der Waals surface area contributed by atoms with Crippen molar-refractivity contribution in [3.8, 4) is 0 Å². The van der Waals surface area contributed by atoms with E-state index in [2.05, 4.69) is 5.32 Å². The summed E-state index contributed by atoms with van der Waals surface area (Å²) in [5.74, 6) is -0.432. The second kappa shape index (κ2) is 5.92. The lowest BCUT2D eigenvalue weighted by Gasteiger charge is -2.06. The number of nitrogens with zero attached hydrogens (tertiary/aromatic N) is 1. The van der Waals surface area contributed by atoms with Gasteiger partial charge in [-0.1, -0.05) is 18.3 Å². The van der Waals surface area contributed by atoms with Gasteiger partial charge in [-0.25, -0.2) is 0 Å². The van der Waals surface area contributed by atoms with Crippen LogP contribution in [-0.4, -0.2) is 21.5 Å². The van der Waals surface area contributed by atoms with Crippen molar-refractivity contribution in [2.45, 2.75) is 19.8 Å². The lowest BCUT2D eigenvalue weighted by molar-refractivity contribution is -0.384. The molecule has 0 saturated heterocycles. The third-order valence-electron chi connectivity index (χ3n) is 2.99. The minimum Gasteiger partial charge on any atom is -0.321 e. The van der Waals surface area contributed by atoms with E-state index in [-0.39, 0.29) is 29.5 Å². The van der Waals surface area contributed by atoms with Crippen molar-refractivity contribution >= 4 is 40.1 Å². The molecule has 0 fully saturated rings. The number of nitro benzene ring substituents is 1. The molecule has 7 heteroatoms. The Morgan fingerprint density at radius 3 is 2.71 bits per heavy atom. The number of amides is 1. The van der Waals surface area contributed by atoms with Crippen molar-refractivity contribution in [2.24, 2.45) is 0 Å². The third-order valence-corrected chi connectivity index (χ3v) is 3.25. The molecule has 0 spiro atoms. The number of allylic oxidation sites excluding steroid dienone is 2. The molecule has 0 bridgehead atoms. The topological polar surface area (TPSA) is 89.3 Å². The van der Waals surface area contributed by atoms with Crippen LogP contribution in [0.1, 0.15) is 18.9 Å². The number of ketones is 1. The molecule has 108 valence electrons. The lowest BCUT2D eigenvalue weighted by Crippen LogP contribution is -2.08. The summed E-state index contributed by atoms with van der Waals surface area (Å²) in [6.07, 6.45) is 2.17. The predicted octanol–water partition coefficient (Wildman–Crippen LogP) is 2.36. The summed E-state index contributed by atoms with van der Waals surface area (Å²) in [6, 6.07) is 4.47. The van der Waals surface area contributed by atoms with E-state index in [0.29, 0.717) is 22.4 Å². The fourth-order valence-corrected chi connectivity index (χ4v) is 2.37. The first-order chi connectivity index (χ1) is 9.86. The molecule has 1 aliphatic carbocycles. The first-order valence-electron chi connectivity index (χ1n) is 6.18. The van der Waals surface area contributed by atoms with Crippen LogP contribution in [-0.2, 0) is 16.0 Å². The number of nitro groups is 1. The number of nitrogens with one attached hydrogen (secondary N) is 1. The maximum atomic E-state index is 11.7. The Balaban J connectivity index is 2.30. The summed E-state index contributed by atoms with van der Waals surface area (Å²) < 4.78 is 0. The molecular formula is C14H12N2O4S. The maximum Gasteiger partial charge on any atom is 0.293 e. The first-order valence-corrected chi connectivity index (χ1v) is 6.59. The van der Waals surface area contributed by atoms with Crippen LogP contribution in [0.15, 0.2) is 29.8 Å². The molecule has 0 aromatic heterocycles. The first kappa shape index (κ1) is 15.0. The van der Waals surface area contributed by atoms with Crippen LogP contribution < -0.4 is 5.32 Å². The van der Waals surface area contributed by atoms with Gasteiger partial charge in [0.25, 0.3) is 5.69 Å². The average molecular weight is 304 g/mol. The van der Waals surface area contributed by atoms with Gasteiger partial charge in [0.15, 0.2) is 5.78 Å². The summed E-state index contributed by atoms with van der Waals surface area (Å²) in [6.45, 7) is 1.28. The molecule has 0 atom stereocenters. The zero-order valence-corrected chi connectivity index (χ0v) is 12.0. The molecule has 0 saturated carbocycles. The zero-order valence-electron chi connectivity index (χ0n) is 11.2. The van der Waals surface area contributed by atoms with E-state index in [1.807, 2.05) is 0 Å². The fraction of sp³-hybridized carbons (Fsp3) is 0.214. The van der Waals surface area contributed by atoms with Crippen LogP contribution in [0.4, 0.5) is 11.4 Å². The van der Waals surface area contributed by atoms with Crippen LogP contribution in [0, 0.1) is 10.1 Å². The zero-order chi connectivity index (χ0) is 15.6. The maximum absolute atomic E-state index is 11.7. The Hall–Kier alpha value is -2.41. The molecule has 1 aliphatic rings. The summed E-state index contributed by atoms with van der Waals surface area (Å²) in [7, 11) is 0. The molecule has 1 aromatic rings. The van der Waals surface area contributed by atoms with Gasteiger partial charge in [0.05, 0.1) is 4.92 Å². The highest BCUT2D eigenvalue weighted by Crippen LogP contribution is 2.27. The Bertz CT molecular complexity index is 694. The van der Waals surface area contributed by atoms with Crippen molar-refractivity contribution in [3.05, 3.63) is 45.5 Å². The summed E-state index contributed by atoms with van der Waals surface area (Å²) in [4.78, 5) is 33.8. The number of benzene rings is 1. The van der Waals surface area contributed by atoms with Gasteiger partial charge in [-0.15, -0.1) is 0 Å². The van der Waals surface area contributed by atoms with Crippen molar-refractivity contribution < 1.29 is 14.5 Å². The predicted molar refractivity (Wildman–Crippen MR) is 81.4 cm³/mol. The number of carbonyl (C=O) groups excluding carboxylic acids is 2. The minimum absolute atomic E-state index is 0.0476. The SMILES string of the molecule is CC(=O)Nc1ccc(CC2=CC(=S)CC2=O)cc1[N+](=O)[O-]. The van der Waals surface area contributed by atoms with Crippen LogP contribution in [0.2, 0.25) is 0 Å². The number of thiocarbonyl (C=S) groups is 1. The molecule has 2 rings (SSSR count). The van der Waals surface area contributed by atoms with E-state index in [4.69, 9.17) is 12.2 Å². The molecule has 1 amide bonds. The molecule has 0 radical (unpaired) electrons. The number of carbonyl (C=O) groups is 2. The second-order valence-corrected chi connectivity index (χ2v) is 5.23. The van der Waals surface area contributed by atoms with Gasteiger partial charge >= 0.3 is 0 Å². The molecule has 0 heterocycles. The van der Waals surface area contributed by atoms with E-state index in [9.17, 15) is 19.7 Å². The van der Waals surface area contributed by atoms with Crippen LogP contribution >= 0.6 is 12.2 Å². The van der Waals surface area contributed by atoms with Gasteiger partial charge in [0, 0.05) is 36.3 Å². The Morgan fingerprint density at radius 2 is 2.19 bits per heavy atom. The van der Waals surface area contributed by atoms with Gasteiger partial charge in [0.1, 0.15) is 5.69 Å². The normalized spacial score (nSPS) is 14.0. The van der Waals surface area contributed by atoms with Crippen LogP contribution in [0.25, 0.3) is 0 Å². The van der Waals surface area contributed by atoms with Crippen molar-refractivity contribution in [2.75, 3.05) is 5.32 Å². The van der Waals surface area contributed by atoms with Crippen molar-refractivity contribution in [1.82, 2.24) is 0 Å². The molecule has 0 aliphatic heterocycles. The van der Waals surface area contributed by atoms with E-state index in [1.165, 1.54) is 19.1 Å². The van der Waals surface area contributed by atoms with Gasteiger partial charge in [0.2, 0.25) is 5.91 Å². The number of hydrogen-bond donors (Lipinski definition) is 1. The second-order valence-electron chi connectivity index (χ2n) is 4.70. The number of anilines is 1. The summed E-state index contributed by atoms with van der Waals surface area (Å²) in [5.41, 5.74) is 1.12. The van der Waals surface area contributed by atoms with Crippen molar-refractivity contribution in [3.63, 3.8) is 0 Å². The van der Waals surface area contributed by atoms with Crippen LogP contribution in [0.3, 0.4) is 0 Å². The molecule has 6 nitrogen and oxygen atoms in total. The van der Waals surface area contributed by atoms with Crippen LogP contribution in [0.5, 0.6) is 0 Å². The minimum atomic E-state index is -0.565. The third kappa shape index (κ3) is 3.57. The van der Waals surface area contributed by atoms with Gasteiger partial charge in [-0.3, -0.25) is 19.7 Å². The smallest absolute Gasteiger partial charge is 0.293 e. The number of hydrogen-bond acceptors (Lipinski definition) is 5. The summed E-state index contributed by atoms with van der Waals surface area (Å²) in [5, 5.41) is 13.5. The van der Waals surface area contributed by atoms with Crippen molar-refractivity contribution in [1.29, 1.82) is 0 Å². The number of rotatable bonds is 4. The Morgan fingerprint density at radius 1 is 1.48 bits per heavy atom. The van der Waals surface area contributed by atoms with E-state index >= 15 is 0 Å². The molecule has 1 aromatic carbocycles. The molecule has 21 heavy (non-hydrogen) atoms. The van der Waals surface area contributed by atoms with E-state index < -0.39 is 4.92 Å². The lowest BCUT2D eigenvalue weighted by atomic mass is 10.0. The van der Waals surface area contributed by atoms with E-state index in [0.717, 1.165) is 0 Å². The highest BCUT2D eigenvalue weighted by atomic mass is 32.1. The van der Waals surface area contributed by atoms with Gasteiger partial charge < -0.3 is 5.32 Å².